The summed E-state index contributed by atoms with van der Waals surface area (Å²) in [5.74, 6) is -0.105. The fourth-order valence-electron chi connectivity index (χ4n) is 8.98. The van der Waals surface area contributed by atoms with Crippen molar-refractivity contribution in [3.05, 3.63) is 33.1 Å². The number of aromatic amines is 1. The van der Waals surface area contributed by atoms with Crippen LogP contribution in [0.4, 0.5) is 0 Å². The maximum Gasteiger partial charge on any atom is 0.330 e. The number of nitriles is 1. The maximum atomic E-state index is 13.1. The molecular weight excluding hydrogens is 870 g/mol. The van der Waals surface area contributed by atoms with Crippen molar-refractivity contribution < 1.29 is 32.9 Å². The van der Waals surface area contributed by atoms with Crippen molar-refractivity contribution in [2.24, 2.45) is 0 Å². The molecule has 3 unspecified atom stereocenters. The van der Waals surface area contributed by atoms with Crippen molar-refractivity contribution in [1.29, 1.82) is 5.26 Å². The van der Waals surface area contributed by atoms with Crippen LogP contribution in [0.3, 0.4) is 0 Å². The number of hydrogen-bond acceptors (Lipinski definition) is 12. The van der Waals surface area contributed by atoms with E-state index in [2.05, 4.69) is 55.4 Å². The Bertz CT molecular complexity index is 1520. The summed E-state index contributed by atoms with van der Waals surface area (Å²) in [7, 11) is 1.36. The molecule has 2 rings (SSSR count). The molecule has 0 amide bonds. The summed E-state index contributed by atoms with van der Waals surface area (Å²) in [6.45, 7) is 12.6. The van der Waals surface area contributed by atoms with E-state index in [0.29, 0.717) is 6.42 Å². The Morgan fingerprint density at radius 3 is 1.66 bits per heavy atom. The number of methoxy groups -OCH3 is 2. The molecule has 1 saturated heterocycles. The molecule has 0 aromatic carbocycles. The van der Waals surface area contributed by atoms with Gasteiger partial charge in [0.1, 0.15) is 18.3 Å². The van der Waals surface area contributed by atoms with E-state index in [1.54, 1.807) is 7.11 Å². The lowest BCUT2D eigenvalue weighted by Crippen LogP contribution is -2.42. The van der Waals surface area contributed by atoms with Crippen molar-refractivity contribution in [3.63, 3.8) is 0 Å². The molecule has 1 aliphatic heterocycles. The number of ether oxygens (including phenoxy) is 3. The van der Waals surface area contributed by atoms with E-state index in [1.807, 2.05) is 0 Å². The van der Waals surface area contributed by atoms with E-state index in [1.165, 1.54) is 159 Å². The molecule has 1 fully saturated rings. The average molecular weight is 966 g/mol. The number of rotatable bonds is 44. The quantitative estimate of drug-likeness (QED) is 0.0286. The van der Waals surface area contributed by atoms with Crippen LogP contribution in [-0.4, -0.2) is 96.2 Å². The molecule has 0 spiro atoms. The van der Waals surface area contributed by atoms with Crippen LogP contribution in [0.15, 0.2) is 21.9 Å². The molecule has 2 heterocycles. The lowest BCUT2D eigenvalue weighted by atomic mass is 10.0. The number of H-pyrrole nitrogens is 1. The lowest BCUT2D eigenvalue weighted by Gasteiger charge is -2.38. The van der Waals surface area contributed by atoms with Gasteiger partial charge in [-0.1, -0.05) is 161 Å². The number of nitrogens with zero attached hydrogens (tertiary/aromatic N) is 4. The Morgan fingerprint density at radius 2 is 1.22 bits per heavy atom. The van der Waals surface area contributed by atoms with Gasteiger partial charge < -0.3 is 23.3 Å². The number of hydroxylamine groups is 2. The van der Waals surface area contributed by atoms with Crippen molar-refractivity contribution in [3.8, 4) is 6.07 Å². The van der Waals surface area contributed by atoms with Crippen LogP contribution >= 0.6 is 8.53 Å². The number of hydrogen-bond donors (Lipinski definition) is 1. The number of unbranched alkanes of at least 4 members (excludes halogenated alkanes) is 25. The summed E-state index contributed by atoms with van der Waals surface area (Å²) >= 11 is 0. The highest BCUT2D eigenvalue weighted by Crippen LogP contribution is 2.50. The van der Waals surface area contributed by atoms with Crippen LogP contribution < -0.4 is 11.2 Å². The highest BCUT2D eigenvalue weighted by Gasteiger charge is 2.50. The minimum Gasteiger partial charge on any atom is -0.469 e. The molecule has 14 nitrogen and oxygen atoms in total. The summed E-state index contributed by atoms with van der Waals surface area (Å²) < 4.78 is 34.1. The summed E-state index contributed by atoms with van der Waals surface area (Å²) in [6, 6.07) is 3.63. The van der Waals surface area contributed by atoms with Crippen molar-refractivity contribution in [2.75, 3.05) is 40.5 Å². The SMILES string of the molecule is CCCCCCCCCCCCCCCCN(CCCCCCCCCCCCCCCC(=O)OC)OC[C@H]1O[C@@H](n2ccc(=O)[nH]c2=O)C(OC)C1OP(OCCC#N)N(C(C)C)C(C)C. The van der Waals surface area contributed by atoms with Gasteiger partial charge in [0.05, 0.1) is 32.8 Å². The van der Waals surface area contributed by atoms with Gasteiger partial charge in [-0.3, -0.25) is 24.0 Å². The Hall–Kier alpha value is -2.21. The Morgan fingerprint density at radius 1 is 0.746 bits per heavy atom. The third-order valence-corrected chi connectivity index (χ3v) is 14.9. The zero-order valence-corrected chi connectivity index (χ0v) is 44.3. The van der Waals surface area contributed by atoms with Crippen LogP contribution in [-0.2, 0) is 32.9 Å². The number of nitrogens with one attached hydrogen (secondary N) is 1. The number of carbonyl (C=O) groups is 1. The minimum atomic E-state index is -1.67. The highest BCUT2D eigenvalue weighted by molar-refractivity contribution is 7.44. The van der Waals surface area contributed by atoms with Gasteiger partial charge in [0.15, 0.2) is 6.23 Å². The minimum absolute atomic E-state index is 0.0802. The highest BCUT2D eigenvalue weighted by atomic mass is 31.2. The van der Waals surface area contributed by atoms with Gasteiger partial charge in [0.25, 0.3) is 14.1 Å². The Balaban J connectivity index is 2.04. The molecule has 15 heteroatoms. The molecule has 0 radical (unpaired) electrons. The normalized spacial score (nSPS) is 17.9. The van der Waals surface area contributed by atoms with Crippen LogP contribution in [0.2, 0.25) is 0 Å². The molecular formula is C52H96N5O9P. The zero-order valence-electron chi connectivity index (χ0n) is 43.4. The monoisotopic (exact) mass is 966 g/mol. The van der Waals surface area contributed by atoms with Gasteiger partial charge in [0, 0.05) is 51.0 Å². The first kappa shape index (κ1) is 60.9. The van der Waals surface area contributed by atoms with Gasteiger partial charge in [-0.05, 0) is 47.0 Å². The van der Waals surface area contributed by atoms with E-state index < -0.39 is 44.3 Å². The predicted molar refractivity (Wildman–Crippen MR) is 271 cm³/mol. The topological polar surface area (TPSA) is 158 Å². The fraction of sp³-hybridized carbons (Fsp3) is 0.885. The standard InChI is InChI=1S/C52H96N5O9P/c1-8-9-10-11-12-13-14-15-18-21-24-27-30-33-39-55(40-34-31-28-25-22-19-16-17-20-23-26-29-32-36-48(59)61-6)63-43-46-49(66-67(64-42-35-38-53)57(44(2)3)45(4)5)50(62-7)51(65-46)56-41-37-47(58)54-52(56)60/h37,41,44-46,49-51H,8-36,39-40,42-43H2,1-7H3,(H,54,58,60)/t46-,49?,50?,51-,67?/m1/s1. The maximum absolute atomic E-state index is 13.1. The van der Waals surface area contributed by atoms with Crippen molar-refractivity contribution in [2.45, 2.75) is 257 Å². The van der Waals surface area contributed by atoms with E-state index in [-0.39, 0.29) is 37.7 Å². The smallest absolute Gasteiger partial charge is 0.330 e. The molecule has 0 saturated carbocycles. The van der Waals surface area contributed by atoms with Crippen LogP contribution in [0.5, 0.6) is 0 Å². The Kier molecular flexibility index (Phi) is 35.9. The largest absolute Gasteiger partial charge is 0.469 e. The molecule has 67 heavy (non-hydrogen) atoms. The van der Waals surface area contributed by atoms with Crippen molar-refractivity contribution >= 4 is 14.5 Å². The predicted octanol–water partition coefficient (Wildman–Crippen LogP) is 12.5. The van der Waals surface area contributed by atoms with Gasteiger partial charge in [-0.2, -0.15) is 10.3 Å². The summed E-state index contributed by atoms with van der Waals surface area (Å²) in [5.41, 5.74) is -1.09. The lowest BCUT2D eigenvalue weighted by molar-refractivity contribution is -0.193. The molecule has 1 aliphatic rings. The molecule has 0 bridgehead atoms. The van der Waals surface area contributed by atoms with Gasteiger partial charge in [-0.15, -0.1) is 0 Å². The number of aromatic nitrogens is 2. The Labute approximate surface area is 407 Å². The second kappa shape index (κ2) is 39.5. The summed E-state index contributed by atoms with van der Waals surface area (Å²) in [4.78, 5) is 45.5. The van der Waals surface area contributed by atoms with Crippen molar-refractivity contribution in [1.82, 2.24) is 19.3 Å². The molecule has 5 atom stereocenters. The first-order valence-corrected chi connectivity index (χ1v) is 27.9. The van der Waals surface area contributed by atoms with E-state index in [9.17, 15) is 19.6 Å². The molecule has 1 N–H and O–H groups in total. The first-order chi connectivity index (χ1) is 32.6. The zero-order chi connectivity index (χ0) is 48.9. The van der Waals surface area contributed by atoms with Gasteiger partial charge >= 0.3 is 11.7 Å². The number of carbonyl (C=O) groups excluding carboxylic acids is 1. The van der Waals surface area contributed by atoms with Gasteiger partial charge in [0.2, 0.25) is 0 Å². The third kappa shape index (κ3) is 27.1. The first-order valence-electron chi connectivity index (χ1n) is 26.8. The van der Waals surface area contributed by atoms with Crippen LogP contribution in [0.25, 0.3) is 0 Å². The van der Waals surface area contributed by atoms with E-state index in [0.717, 1.165) is 51.6 Å². The van der Waals surface area contributed by atoms with Crippen LogP contribution in [0.1, 0.15) is 227 Å². The summed E-state index contributed by atoms with van der Waals surface area (Å²) in [6.07, 6.45) is 33.1. The average Bonchev–Trinajstić information content (AvgIpc) is 3.64. The molecule has 388 valence electrons. The second-order valence-electron chi connectivity index (χ2n) is 19.1. The second-order valence-corrected chi connectivity index (χ2v) is 20.5. The number of esters is 1. The fourth-order valence-corrected chi connectivity index (χ4v) is 10.7. The van der Waals surface area contributed by atoms with E-state index >= 15 is 0 Å². The molecule has 1 aromatic heterocycles. The van der Waals surface area contributed by atoms with E-state index in [4.69, 9.17) is 28.1 Å². The molecule has 1 aromatic rings. The third-order valence-electron chi connectivity index (χ3n) is 12.8. The summed E-state index contributed by atoms with van der Waals surface area (Å²) in [5, 5.41) is 11.4. The van der Waals surface area contributed by atoms with Crippen LogP contribution in [0, 0.1) is 11.3 Å². The molecule has 0 aliphatic carbocycles. The van der Waals surface area contributed by atoms with Gasteiger partial charge in [-0.25, -0.2) is 9.46 Å².